The van der Waals surface area contributed by atoms with Crippen LogP contribution in [0.2, 0.25) is 0 Å². The van der Waals surface area contributed by atoms with Crippen molar-refractivity contribution < 1.29 is 23.5 Å². The summed E-state index contributed by atoms with van der Waals surface area (Å²) >= 11 is 0. The van der Waals surface area contributed by atoms with Gasteiger partial charge in [-0.3, -0.25) is 9.59 Å². The van der Waals surface area contributed by atoms with E-state index in [4.69, 9.17) is 5.11 Å². The van der Waals surface area contributed by atoms with Gasteiger partial charge in [-0.25, -0.2) is 8.78 Å². The zero-order chi connectivity index (χ0) is 18.0. The summed E-state index contributed by atoms with van der Waals surface area (Å²) in [6, 6.07) is 2.88. The second-order valence-electron chi connectivity index (χ2n) is 6.99. The molecule has 2 saturated heterocycles. The fraction of sp³-hybridized carbons (Fsp3) is 0.556. The number of piperidine rings is 2. The smallest absolute Gasteiger partial charge is 0.256 e. The lowest BCUT2D eigenvalue weighted by molar-refractivity contribution is -0.139. The number of aliphatic hydroxyl groups is 1. The van der Waals surface area contributed by atoms with Crippen molar-refractivity contribution in [1.82, 2.24) is 9.80 Å². The molecule has 2 aliphatic heterocycles. The van der Waals surface area contributed by atoms with E-state index in [0.29, 0.717) is 32.5 Å². The lowest BCUT2D eigenvalue weighted by Crippen LogP contribution is -2.55. The van der Waals surface area contributed by atoms with Crippen LogP contribution in [0.3, 0.4) is 0 Å². The Bertz CT molecular complexity index is 682. The summed E-state index contributed by atoms with van der Waals surface area (Å²) in [4.78, 5) is 27.8. The van der Waals surface area contributed by atoms with E-state index >= 15 is 0 Å². The van der Waals surface area contributed by atoms with Crippen LogP contribution >= 0.6 is 0 Å². The second kappa shape index (κ2) is 7.07. The van der Waals surface area contributed by atoms with Gasteiger partial charge >= 0.3 is 0 Å². The van der Waals surface area contributed by atoms with E-state index in [9.17, 15) is 18.4 Å². The minimum Gasteiger partial charge on any atom is -0.395 e. The quantitative estimate of drug-likeness (QED) is 0.902. The number of carbonyl (C=O) groups excluding carboxylic acids is 2. The van der Waals surface area contributed by atoms with Crippen LogP contribution in [0, 0.1) is 17.0 Å². The molecule has 1 atom stereocenters. The Morgan fingerprint density at radius 2 is 2.04 bits per heavy atom. The van der Waals surface area contributed by atoms with Gasteiger partial charge in [-0.1, -0.05) is 0 Å². The lowest BCUT2D eigenvalue weighted by atomic mass is 9.73. The van der Waals surface area contributed by atoms with E-state index in [0.717, 1.165) is 31.0 Å². The van der Waals surface area contributed by atoms with Gasteiger partial charge in [0.1, 0.15) is 11.6 Å². The fourth-order valence-corrected chi connectivity index (χ4v) is 3.97. The lowest BCUT2D eigenvalue weighted by Gasteiger charge is -2.48. The highest BCUT2D eigenvalue weighted by molar-refractivity contribution is 5.94. The van der Waals surface area contributed by atoms with E-state index in [1.807, 2.05) is 0 Å². The SMILES string of the molecule is O=C1CCC2(CCCN(C(=O)c3cc(F)ccc3F)C2)CN1CCO. The Balaban J connectivity index is 1.77. The number of β-amino-alcohol motifs (C(OH)–C–C–N with tert-alkyl or cyclic N) is 1. The molecule has 1 spiro atoms. The molecule has 136 valence electrons. The molecular weight excluding hydrogens is 330 g/mol. The molecule has 25 heavy (non-hydrogen) atoms. The maximum absolute atomic E-state index is 13.9. The maximum Gasteiger partial charge on any atom is 0.256 e. The average molecular weight is 352 g/mol. The molecule has 1 N–H and O–H groups in total. The summed E-state index contributed by atoms with van der Waals surface area (Å²) < 4.78 is 27.3. The number of rotatable bonds is 3. The number of benzene rings is 1. The molecule has 3 rings (SSSR count). The Morgan fingerprint density at radius 3 is 2.80 bits per heavy atom. The first-order valence-electron chi connectivity index (χ1n) is 8.57. The van der Waals surface area contributed by atoms with E-state index in [-0.39, 0.29) is 30.0 Å². The fourth-order valence-electron chi connectivity index (χ4n) is 3.97. The van der Waals surface area contributed by atoms with Crippen LogP contribution in [0.1, 0.15) is 36.0 Å². The predicted octanol–water partition coefficient (Wildman–Crippen LogP) is 1.80. The summed E-state index contributed by atoms with van der Waals surface area (Å²) in [7, 11) is 0. The van der Waals surface area contributed by atoms with Gasteiger partial charge in [0.2, 0.25) is 5.91 Å². The van der Waals surface area contributed by atoms with Crippen molar-refractivity contribution in [1.29, 1.82) is 0 Å². The number of halogens is 2. The van der Waals surface area contributed by atoms with E-state index in [1.54, 1.807) is 9.80 Å². The first-order chi connectivity index (χ1) is 11.9. The van der Waals surface area contributed by atoms with E-state index < -0.39 is 17.5 Å². The minimum absolute atomic E-state index is 0.0132. The molecule has 0 bridgehead atoms. The third-order valence-electron chi connectivity index (χ3n) is 5.23. The number of nitrogens with zero attached hydrogens (tertiary/aromatic N) is 2. The van der Waals surface area contributed by atoms with Crippen LogP contribution in [0.25, 0.3) is 0 Å². The van der Waals surface area contributed by atoms with Crippen LogP contribution in [0.15, 0.2) is 18.2 Å². The number of likely N-dealkylation sites (tertiary alicyclic amines) is 2. The van der Waals surface area contributed by atoms with Gasteiger partial charge in [0.25, 0.3) is 5.91 Å². The van der Waals surface area contributed by atoms with Crippen molar-refractivity contribution in [2.24, 2.45) is 5.41 Å². The zero-order valence-electron chi connectivity index (χ0n) is 14.0. The summed E-state index contributed by atoms with van der Waals surface area (Å²) in [5.74, 6) is -1.87. The molecule has 0 saturated carbocycles. The zero-order valence-corrected chi connectivity index (χ0v) is 14.0. The molecule has 2 aliphatic rings. The maximum atomic E-state index is 13.9. The highest BCUT2D eigenvalue weighted by atomic mass is 19.1. The monoisotopic (exact) mass is 352 g/mol. The molecule has 2 fully saturated rings. The molecule has 0 aliphatic carbocycles. The summed E-state index contributed by atoms with van der Waals surface area (Å²) in [6.45, 7) is 1.58. The standard InChI is InChI=1S/C18H22F2N2O3/c19-13-2-3-15(20)14(10-13)17(25)22-7-1-5-18(12-22)6-4-16(24)21(11-18)8-9-23/h2-3,10,23H,1,4-9,11-12H2. The van der Waals surface area contributed by atoms with Gasteiger partial charge in [0, 0.05) is 38.0 Å². The number of carbonyl (C=O) groups is 2. The first-order valence-corrected chi connectivity index (χ1v) is 8.57. The van der Waals surface area contributed by atoms with E-state index in [2.05, 4.69) is 0 Å². The Kier molecular flexibility index (Phi) is 5.03. The van der Waals surface area contributed by atoms with Crippen LogP contribution < -0.4 is 0 Å². The summed E-state index contributed by atoms with van der Waals surface area (Å²) in [5.41, 5.74) is -0.489. The third kappa shape index (κ3) is 3.66. The van der Waals surface area contributed by atoms with Crippen LogP contribution in [0.5, 0.6) is 0 Å². The van der Waals surface area contributed by atoms with E-state index in [1.165, 1.54) is 0 Å². The molecule has 1 aromatic rings. The van der Waals surface area contributed by atoms with Gasteiger partial charge in [-0.15, -0.1) is 0 Å². The average Bonchev–Trinajstić information content (AvgIpc) is 2.60. The Labute approximate surface area is 145 Å². The van der Waals surface area contributed by atoms with Crippen LogP contribution in [0.4, 0.5) is 8.78 Å². The van der Waals surface area contributed by atoms with Gasteiger partial charge in [0.05, 0.1) is 12.2 Å². The molecule has 2 heterocycles. The number of aliphatic hydroxyl groups excluding tert-OH is 1. The van der Waals surface area contributed by atoms with Gasteiger partial charge < -0.3 is 14.9 Å². The molecule has 2 amide bonds. The molecular formula is C18H22F2N2O3. The topological polar surface area (TPSA) is 60.9 Å². The largest absolute Gasteiger partial charge is 0.395 e. The molecule has 1 unspecified atom stereocenters. The molecule has 5 nitrogen and oxygen atoms in total. The van der Waals surface area contributed by atoms with Crippen molar-refractivity contribution in [3.8, 4) is 0 Å². The molecule has 7 heteroatoms. The molecule has 1 aromatic carbocycles. The van der Waals surface area contributed by atoms with Crippen molar-refractivity contribution in [2.75, 3.05) is 32.8 Å². The van der Waals surface area contributed by atoms with Gasteiger partial charge in [-0.2, -0.15) is 0 Å². The number of hydrogen-bond donors (Lipinski definition) is 1. The molecule has 0 radical (unpaired) electrons. The number of amides is 2. The van der Waals surface area contributed by atoms with Crippen molar-refractivity contribution in [3.63, 3.8) is 0 Å². The highest BCUT2D eigenvalue weighted by Crippen LogP contribution is 2.39. The molecule has 0 aromatic heterocycles. The predicted molar refractivity (Wildman–Crippen MR) is 86.8 cm³/mol. The van der Waals surface area contributed by atoms with Gasteiger partial charge in [-0.05, 0) is 37.5 Å². The second-order valence-corrected chi connectivity index (χ2v) is 6.99. The van der Waals surface area contributed by atoms with Crippen molar-refractivity contribution >= 4 is 11.8 Å². The van der Waals surface area contributed by atoms with Crippen LogP contribution in [-0.2, 0) is 4.79 Å². The normalized spacial score (nSPS) is 24.0. The third-order valence-corrected chi connectivity index (χ3v) is 5.23. The van der Waals surface area contributed by atoms with Crippen molar-refractivity contribution in [2.45, 2.75) is 25.7 Å². The minimum atomic E-state index is -0.730. The summed E-state index contributed by atoms with van der Waals surface area (Å²) in [5, 5.41) is 9.13. The van der Waals surface area contributed by atoms with Gasteiger partial charge in [0.15, 0.2) is 0 Å². The Hall–Kier alpha value is -2.02. The number of hydrogen-bond acceptors (Lipinski definition) is 3. The summed E-state index contributed by atoms with van der Waals surface area (Å²) in [6.07, 6.45) is 2.68. The Morgan fingerprint density at radius 1 is 1.24 bits per heavy atom. The van der Waals surface area contributed by atoms with Crippen molar-refractivity contribution in [3.05, 3.63) is 35.4 Å². The highest BCUT2D eigenvalue weighted by Gasteiger charge is 2.42. The first kappa shape index (κ1) is 17.8. The van der Waals surface area contributed by atoms with Crippen LogP contribution in [-0.4, -0.2) is 59.5 Å².